The highest BCUT2D eigenvalue weighted by molar-refractivity contribution is 5.63. The molecule has 1 saturated heterocycles. The smallest absolute Gasteiger partial charge is 0.270 e. The molecule has 2 rings (SSSR count). The Morgan fingerprint density at radius 3 is 2.68 bits per heavy atom. The highest BCUT2D eigenvalue weighted by Crippen LogP contribution is 2.24. The zero-order valence-corrected chi connectivity index (χ0v) is 10.9. The summed E-state index contributed by atoms with van der Waals surface area (Å²) in [5, 5.41) is 19.9. The second kappa shape index (κ2) is 5.67. The van der Waals surface area contributed by atoms with Gasteiger partial charge in [-0.3, -0.25) is 10.1 Å². The second-order valence-corrected chi connectivity index (χ2v) is 4.66. The first kappa shape index (κ1) is 13.3. The quantitative estimate of drug-likeness (QED) is 0.622. The van der Waals surface area contributed by atoms with Gasteiger partial charge in [0.2, 0.25) is 0 Å². The Morgan fingerprint density at radius 1 is 1.47 bits per heavy atom. The number of nitro groups is 1. The minimum Gasteiger partial charge on any atom is -0.359 e. The molecule has 0 aromatic heterocycles. The molecule has 0 saturated carbocycles. The molecule has 0 radical (unpaired) electrons. The lowest BCUT2D eigenvalue weighted by Crippen LogP contribution is -3.14. The van der Waals surface area contributed by atoms with E-state index >= 15 is 0 Å². The summed E-state index contributed by atoms with van der Waals surface area (Å²) in [5.74, 6) is 0. The van der Waals surface area contributed by atoms with E-state index in [1.807, 2.05) is 0 Å². The van der Waals surface area contributed by atoms with Gasteiger partial charge >= 0.3 is 0 Å². The molecule has 0 bridgehead atoms. The average Bonchev–Trinajstić information content (AvgIpc) is 2.46. The zero-order chi connectivity index (χ0) is 13.8. The van der Waals surface area contributed by atoms with Gasteiger partial charge in [-0.1, -0.05) is 0 Å². The topological polar surface area (TPSA) is 74.6 Å². The summed E-state index contributed by atoms with van der Waals surface area (Å²) in [5.41, 5.74) is 1.16. The van der Waals surface area contributed by atoms with Crippen molar-refractivity contribution in [2.45, 2.75) is 6.92 Å². The highest BCUT2D eigenvalue weighted by Gasteiger charge is 2.22. The molecule has 6 nitrogen and oxygen atoms in total. The number of likely N-dealkylation sites (N-methyl/N-ethyl adjacent to an activating group) is 1. The Morgan fingerprint density at radius 2 is 2.16 bits per heavy atom. The average molecular weight is 261 g/mol. The monoisotopic (exact) mass is 261 g/mol. The molecule has 6 heteroatoms. The van der Waals surface area contributed by atoms with Crippen LogP contribution in [0.3, 0.4) is 0 Å². The van der Waals surface area contributed by atoms with Crippen LogP contribution in [0.25, 0.3) is 0 Å². The maximum atomic E-state index is 10.7. The van der Waals surface area contributed by atoms with Crippen molar-refractivity contribution in [2.24, 2.45) is 0 Å². The molecular formula is C13H17N4O2+. The molecule has 1 N–H and O–H groups in total. The number of nitrogens with one attached hydrogen (secondary N) is 1. The number of quaternary nitrogens is 1. The van der Waals surface area contributed by atoms with Gasteiger partial charge in [-0.2, -0.15) is 5.26 Å². The fraction of sp³-hybridized carbons (Fsp3) is 0.462. The summed E-state index contributed by atoms with van der Waals surface area (Å²) >= 11 is 0. The van der Waals surface area contributed by atoms with Gasteiger partial charge in [0.25, 0.3) is 5.69 Å². The summed E-state index contributed by atoms with van der Waals surface area (Å²) in [4.78, 5) is 13.9. The number of nitro benzene ring substituents is 1. The number of nitriles is 1. The summed E-state index contributed by atoms with van der Waals surface area (Å²) in [6, 6.07) is 6.57. The maximum absolute atomic E-state index is 10.7. The maximum Gasteiger partial charge on any atom is 0.270 e. The Kier molecular flexibility index (Phi) is 3.97. The van der Waals surface area contributed by atoms with E-state index in [1.54, 1.807) is 11.0 Å². The van der Waals surface area contributed by atoms with Gasteiger partial charge in [0, 0.05) is 12.1 Å². The predicted octanol–water partition coefficient (Wildman–Crippen LogP) is 0.191. The fourth-order valence-corrected chi connectivity index (χ4v) is 2.42. The van der Waals surface area contributed by atoms with Crippen molar-refractivity contribution in [3.63, 3.8) is 0 Å². The third kappa shape index (κ3) is 2.83. The lowest BCUT2D eigenvalue weighted by atomic mass is 10.1. The van der Waals surface area contributed by atoms with E-state index in [0.717, 1.165) is 38.4 Å². The summed E-state index contributed by atoms with van der Waals surface area (Å²) in [6.07, 6.45) is 0. The number of piperazine rings is 1. The van der Waals surface area contributed by atoms with Gasteiger partial charge in [-0.05, 0) is 13.0 Å². The van der Waals surface area contributed by atoms with Gasteiger partial charge in [0.05, 0.1) is 48.9 Å². The standard InChI is InChI=1S/C13H16N4O2/c1-2-15-5-7-16(8-6-15)13-4-3-12(17(18)19)9-11(13)10-14/h3-4,9H,2,5-8H2,1H3/p+1. The van der Waals surface area contributed by atoms with E-state index in [4.69, 9.17) is 5.26 Å². The summed E-state index contributed by atoms with van der Waals surface area (Å²) < 4.78 is 0. The molecular weight excluding hydrogens is 244 g/mol. The number of hydrogen-bond donors (Lipinski definition) is 1. The number of non-ortho nitro benzene ring substituents is 1. The van der Waals surface area contributed by atoms with Crippen molar-refractivity contribution in [3.8, 4) is 6.07 Å². The SMILES string of the molecule is CC[NH+]1CCN(c2ccc([N+](=O)[O-])cc2C#N)CC1. The molecule has 1 aromatic rings. The number of benzene rings is 1. The highest BCUT2D eigenvalue weighted by atomic mass is 16.6. The molecule has 1 aliphatic rings. The van der Waals surface area contributed by atoms with Crippen molar-refractivity contribution < 1.29 is 9.82 Å². The van der Waals surface area contributed by atoms with Crippen LogP contribution in [0.15, 0.2) is 18.2 Å². The Bertz CT molecular complexity index is 516. The number of nitrogens with zero attached hydrogens (tertiary/aromatic N) is 3. The Hall–Kier alpha value is -2.13. The van der Waals surface area contributed by atoms with Crippen molar-refractivity contribution in [1.82, 2.24) is 0 Å². The second-order valence-electron chi connectivity index (χ2n) is 4.66. The van der Waals surface area contributed by atoms with Gasteiger partial charge < -0.3 is 9.80 Å². The lowest BCUT2D eigenvalue weighted by molar-refractivity contribution is -0.898. The molecule has 19 heavy (non-hydrogen) atoms. The fourth-order valence-electron chi connectivity index (χ4n) is 2.42. The molecule has 0 aliphatic carbocycles. The number of anilines is 1. The first-order valence-electron chi connectivity index (χ1n) is 6.42. The minimum absolute atomic E-state index is 0.0295. The molecule has 1 aliphatic heterocycles. The van der Waals surface area contributed by atoms with Crippen LogP contribution in [0.2, 0.25) is 0 Å². The molecule has 1 fully saturated rings. The first-order valence-corrected chi connectivity index (χ1v) is 6.42. The van der Waals surface area contributed by atoms with E-state index in [2.05, 4.69) is 17.9 Å². The van der Waals surface area contributed by atoms with E-state index in [-0.39, 0.29) is 5.69 Å². The third-order valence-corrected chi connectivity index (χ3v) is 3.62. The van der Waals surface area contributed by atoms with E-state index in [0.29, 0.717) is 5.56 Å². The Labute approximate surface area is 112 Å². The van der Waals surface area contributed by atoms with Crippen molar-refractivity contribution >= 4 is 11.4 Å². The van der Waals surface area contributed by atoms with Crippen LogP contribution in [0.5, 0.6) is 0 Å². The largest absolute Gasteiger partial charge is 0.359 e. The molecule has 0 atom stereocenters. The first-order chi connectivity index (χ1) is 9.15. The van der Waals surface area contributed by atoms with Gasteiger partial charge in [-0.15, -0.1) is 0 Å². The predicted molar refractivity (Wildman–Crippen MR) is 71.3 cm³/mol. The van der Waals surface area contributed by atoms with Crippen LogP contribution in [0, 0.1) is 21.4 Å². The number of rotatable bonds is 3. The van der Waals surface area contributed by atoms with Crippen LogP contribution < -0.4 is 9.80 Å². The van der Waals surface area contributed by atoms with Gasteiger partial charge in [-0.25, -0.2) is 0 Å². The lowest BCUT2D eigenvalue weighted by Gasteiger charge is -2.33. The van der Waals surface area contributed by atoms with E-state index in [1.165, 1.54) is 12.1 Å². The minimum atomic E-state index is -0.468. The van der Waals surface area contributed by atoms with Crippen molar-refractivity contribution in [1.29, 1.82) is 5.26 Å². The molecule has 100 valence electrons. The molecule has 0 spiro atoms. The van der Waals surface area contributed by atoms with Crippen LogP contribution in [0.4, 0.5) is 11.4 Å². The van der Waals surface area contributed by atoms with Crippen LogP contribution in [0.1, 0.15) is 12.5 Å². The third-order valence-electron chi connectivity index (χ3n) is 3.62. The van der Waals surface area contributed by atoms with Crippen LogP contribution >= 0.6 is 0 Å². The number of hydrogen-bond acceptors (Lipinski definition) is 4. The molecule has 0 unspecified atom stereocenters. The van der Waals surface area contributed by atoms with Gasteiger partial charge in [0.15, 0.2) is 0 Å². The zero-order valence-electron chi connectivity index (χ0n) is 10.9. The van der Waals surface area contributed by atoms with Crippen LogP contribution in [-0.4, -0.2) is 37.6 Å². The summed E-state index contributed by atoms with van der Waals surface area (Å²) in [6.45, 7) is 7.12. The molecule has 1 aromatic carbocycles. The van der Waals surface area contributed by atoms with Crippen molar-refractivity contribution in [2.75, 3.05) is 37.6 Å². The van der Waals surface area contributed by atoms with Crippen LogP contribution in [-0.2, 0) is 0 Å². The molecule has 1 heterocycles. The Balaban J connectivity index is 2.21. The summed E-state index contributed by atoms with van der Waals surface area (Å²) in [7, 11) is 0. The van der Waals surface area contributed by atoms with E-state index < -0.39 is 4.92 Å². The van der Waals surface area contributed by atoms with Crippen molar-refractivity contribution in [3.05, 3.63) is 33.9 Å². The van der Waals surface area contributed by atoms with Gasteiger partial charge in [0.1, 0.15) is 6.07 Å². The van der Waals surface area contributed by atoms with E-state index in [9.17, 15) is 10.1 Å². The molecule has 0 amide bonds. The normalized spacial score (nSPS) is 16.1.